The van der Waals surface area contributed by atoms with Crippen LogP contribution >= 0.6 is 0 Å². The van der Waals surface area contributed by atoms with Crippen LogP contribution in [0.3, 0.4) is 0 Å². The minimum absolute atomic E-state index is 0.0801. The average Bonchev–Trinajstić information content (AvgIpc) is 2.74. The summed E-state index contributed by atoms with van der Waals surface area (Å²) in [5.74, 6) is -1.31. The summed E-state index contributed by atoms with van der Waals surface area (Å²) in [6, 6.07) is 3.57. The number of rotatable bonds is 2. The van der Waals surface area contributed by atoms with Gasteiger partial charge in [-0.15, -0.1) is 0 Å². The van der Waals surface area contributed by atoms with Gasteiger partial charge >= 0.3 is 5.97 Å². The molecular weight excluding hydrogens is 220 g/mol. The molecule has 2 heterocycles. The minimum Gasteiger partial charge on any atom is -0.481 e. The van der Waals surface area contributed by atoms with Crippen LogP contribution < -0.4 is 0 Å². The molecule has 1 saturated heterocycles. The lowest BCUT2D eigenvalue weighted by atomic mass is 9.98. The van der Waals surface area contributed by atoms with Crippen molar-refractivity contribution in [1.29, 1.82) is 0 Å². The van der Waals surface area contributed by atoms with E-state index in [9.17, 15) is 9.59 Å². The van der Waals surface area contributed by atoms with E-state index in [-0.39, 0.29) is 5.91 Å². The molecule has 5 nitrogen and oxygen atoms in total. The van der Waals surface area contributed by atoms with Crippen molar-refractivity contribution in [2.75, 3.05) is 13.1 Å². The molecule has 0 bridgehead atoms. The second-order valence-corrected chi connectivity index (χ2v) is 4.43. The van der Waals surface area contributed by atoms with Crippen LogP contribution in [0.25, 0.3) is 0 Å². The van der Waals surface area contributed by atoms with E-state index in [1.807, 2.05) is 19.3 Å². The lowest BCUT2D eigenvalue weighted by molar-refractivity contribution is -0.143. The number of piperidine rings is 1. The highest BCUT2D eigenvalue weighted by atomic mass is 16.4. The third-order valence-electron chi connectivity index (χ3n) is 3.22. The Balaban J connectivity index is 2.10. The Morgan fingerprint density at radius 2 is 2.24 bits per heavy atom. The maximum atomic E-state index is 12.2. The third kappa shape index (κ3) is 2.33. The quantitative estimate of drug-likeness (QED) is 0.832. The Hall–Kier alpha value is -1.78. The van der Waals surface area contributed by atoms with E-state index in [1.165, 1.54) is 0 Å². The first-order valence-electron chi connectivity index (χ1n) is 5.73. The van der Waals surface area contributed by atoms with Gasteiger partial charge in [0, 0.05) is 26.3 Å². The second kappa shape index (κ2) is 4.61. The molecule has 1 fully saturated rings. The molecule has 0 aliphatic carbocycles. The molecule has 0 unspecified atom stereocenters. The topological polar surface area (TPSA) is 62.5 Å². The molecule has 0 aromatic carbocycles. The zero-order chi connectivity index (χ0) is 12.4. The largest absolute Gasteiger partial charge is 0.481 e. The molecule has 1 aromatic heterocycles. The van der Waals surface area contributed by atoms with Crippen LogP contribution in [0, 0.1) is 5.92 Å². The van der Waals surface area contributed by atoms with Gasteiger partial charge in [-0.05, 0) is 25.0 Å². The van der Waals surface area contributed by atoms with Crippen molar-refractivity contribution < 1.29 is 14.7 Å². The molecule has 1 N–H and O–H groups in total. The summed E-state index contributed by atoms with van der Waals surface area (Å²) in [5, 5.41) is 8.98. The van der Waals surface area contributed by atoms with E-state index in [1.54, 1.807) is 15.5 Å². The summed E-state index contributed by atoms with van der Waals surface area (Å²) in [7, 11) is 1.81. The van der Waals surface area contributed by atoms with Crippen molar-refractivity contribution in [1.82, 2.24) is 9.47 Å². The van der Waals surface area contributed by atoms with Crippen LogP contribution in [0.5, 0.6) is 0 Å². The zero-order valence-electron chi connectivity index (χ0n) is 9.80. The summed E-state index contributed by atoms with van der Waals surface area (Å²) in [6.07, 6.45) is 3.23. The molecule has 1 aliphatic rings. The maximum absolute atomic E-state index is 12.2. The van der Waals surface area contributed by atoms with Gasteiger partial charge in [0.2, 0.25) is 0 Å². The van der Waals surface area contributed by atoms with Crippen molar-refractivity contribution in [2.45, 2.75) is 12.8 Å². The van der Waals surface area contributed by atoms with Gasteiger partial charge in [0.05, 0.1) is 5.92 Å². The molecule has 2 rings (SSSR count). The van der Waals surface area contributed by atoms with Crippen LogP contribution in [0.15, 0.2) is 18.3 Å². The van der Waals surface area contributed by atoms with Crippen LogP contribution in [0.4, 0.5) is 0 Å². The number of aromatic nitrogens is 1. The summed E-state index contributed by atoms with van der Waals surface area (Å²) in [6.45, 7) is 0.965. The van der Waals surface area contributed by atoms with Crippen LogP contribution in [-0.4, -0.2) is 39.5 Å². The fraction of sp³-hybridized carbons (Fsp3) is 0.500. The number of carbonyl (C=O) groups is 2. The monoisotopic (exact) mass is 236 g/mol. The van der Waals surface area contributed by atoms with Gasteiger partial charge in [-0.25, -0.2) is 0 Å². The summed E-state index contributed by atoms with van der Waals surface area (Å²) < 4.78 is 1.76. The maximum Gasteiger partial charge on any atom is 0.308 e. The Morgan fingerprint density at radius 3 is 2.82 bits per heavy atom. The highest BCUT2D eigenvalue weighted by Gasteiger charge is 2.29. The van der Waals surface area contributed by atoms with Gasteiger partial charge in [-0.3, -0.25) is 9.59 Å². The minimum atomic E-state index is -0.811. The van der Waals surface area contributed by atoms with Gasteiger partial charge in [0.25, 0.3) is 5.91 Å². The third-order valence-corrected chi connectivity index (χ3v) is 3.22. The predicted octanol–water partition coefficient (Wildman–Crippen LogP) is 0.962. The molecule has 0 radical (unpaired) electrons. The van der Waals surface area contributed by atoms with Crippen molar-refractivity contribution in [3.8, 4) is 0 Å². The normalized spacial score (nSPS) is 20.3. The summed E-state index contributed by atoms with van der Waals surface area (Å²) in [4.78, 5) is 24.7. The molecule has 0 saturated carbocycles. The van der Waals surface area contributed by atoms with Crippen LogP contribution in [-0.2, 0) is 11.8 Å². The molecular formula is C12H16N2O3. The highest BCUT2D eigenvalue weighted by molar-refractivity contribution is 5.93. The highest BCUT2D eigenvalue weighted by Crippen LogP contribution is 2.18. The first kappa shape index (κ1) is 11.7. The van der Waals surface area contributed by atoms with Gasteiger partial charge in [-0.1, -0.05) is 0 Å². The van der Waals surface area contributed by atoms with E-state index < -0.39 is 11.9 Å². The first-order chi connectivity index (χ1) is 8.09. The standard InChI is InChI=1S/C12H16N2O3/c1-13-6-3-5-10(13)11(15)14-7-2-4-9(8-14)12(16)17/h3,5-6,9H,2,4,7-8H2,1H3,(H,16,17)/t9-/m1/s1. The van der Waals surface area contributed by atoms with Gasteiger partial charge in [0.1, 0.15) is 5.69 Å². The van der Waals surface area contributed by atoms with Gasteiger partial charge < -0.3 is 14.6 Å². The number of amides is 1. The summed E-state index contributed by atoms with van der Waals surface area (Å²) in [5.41, 5.74) is 0.607. The molecule has 5 heteroatoms. The molecule has 1 atom stereocenters. The number of likely N-dealkylation sites (tertiary alicyclic amines) is 1. The van der Waals surface area contributed by atoms with Crippen molar-refractivity contribution >= 4 is 11.9 Å². The van der Waals surface area contributed by atoms with Crippen molar-refractivity contribution in [3.05, 3.63) is 24.0 Å². The van der Waals surface area contributed by atoms with Crippen LogP contribution in [0.1, 0.15) is 23.3 Å². The Morgan fingerprint density at radius 1 is 1.47 bits per heavy atom. The summed E-state index contributed by atoms with van der Waals surface area (Å²) >= 11 is 0. The molecule has 1 aliphatic heterocycles. The van der Waals surface area contributed by atoms with Gasteiger partial charge in [0.15, 0.2) is 0 Å². The smallest absolute Gasteiger partial charge is 0.308 e. The number of hydrogen-bond acceptors (Lipinski definition) is 2. The molecule has 92 valence electrons. The van der Waals surface area contributed by atoms with Crippen molar-refractivity contribution in [3.63, 3.8) is 0 Å². The molecule has 1 amide bonds. The Labute approximate surface area is 99.6 Å². The van der Waals surface area contributed by atoms with Gasteiger partial charge in [-0.2, -0.15) is 0 Å². The van der Waals surface area contributed by atoms with Crippen molar-refractivity contribution in [2.24, 2.45) is 13.0 Å². The number of carboxylic acid groups (broad SMARTS) is 1. The molecule has 0 spiro atoms. The lowest BCUT2D eigenvalue weighted by Crippen LogP contribution is -2.42. The average molecular weight is 236 g/mol. The second-order valence-electron chi connectivity index (χ2n) is 4.43. The fourth-order valence-corrected chi connectivity index (χ4v) is 2.21. The number of carbonyl (C=O) groups excluding carboxylic acids is 1. The van der Waals surface area contributed by atoms with E-state index >= 15 is 0 Å². The number of nitrogens with zero attached hydrogens (tertiary/aromatic N) is 2. The SMILES string of the molecule is Cn1cccc1C(=O)N1CCC[C@@H](C(=O)O)C1. The van der Waals surface area contributed by atoms with E-state index in [0.29, 0.717) is 25.2 Å². The van der Waals surface area contributed by atoms with Crippen LogP contribution in [0.2, 0.25) is 0 Å². The number of carboxylic acids is 1. The number of aliphatic carboxylic acids is 1. The Bertz CT molecular complexity index is 439. The fourth-order valence-electron chi connectivity index (χ4n) is 2.21. The van der Waals surface area contributed by atoms with E-state index in [4.69, 9.17) is 5.11 Å². The van der Waals surface area contributed by atoms with E-state index in [2.05, 4.69) is 0 Å². The molecule has 17 heavy (non-hydrogen) atoms. The number of hydrogen-bond donors (Lipinski definition) is 1. The number of aryl methyl sites for hydroxylation is 1. The van der Waals surface area contributed by atoms with E-state index in [0.717, 1.165) is 6.42 Å². The predicted molar refractivity (Wildman–Crippen MR) is 61.7 cm³/mol. The molecule has 1 aromatic rings. The Kier molecular flexibility index (Phi) is 3.17. The lowest BCUT2D eigenvalue weighted by Gasteiger charge is -2.30. The zero-order valence-corrected chi connectivity index (χ0v) is 9.80. The first-order valence-corrected chi connectivity index (χ1v) is 5.73.